The highest BCUT2D eigenvalue weighted by Gasteiger charge is 2.30. The van der Waals surface area contributed by atoms with Gasteiger partial charge in [-0.2, -0.15) is 0 Å². The third-order valence-electron chi connectivity index (χ3n) is 5.69. The van der Waals surface area contributed by atoms with E-state index in [0.717, 1.165) is 12.8 Å². The summed E-state index contributed by atoms with van der Waals surface area (Å²) < 4.78 is 0. The highest BCUT2D eigenvalue weighted by atomic mass is 14.3. The van der Waals surface area contributed by atoms with Gasteiger partial charge >= 0.3 is 0 Å². The molecule has 24 heavy (non-hydrogen) atoms. The van der Waals surface area contributed by atoms with E-state index in [2.05, 4.69) is 58.2 Å². The van der Waals surface area contributed by atoms with Gasteiger partial charge in [-0.1, -0.05) is 65.3 Å². The number of hydrogen-bond acceptors (Lipinski definition) is 0. The van der Waals surface area contributed by atoms with Gasteiger partial charge in [-0.3, -0.25) is 0 Å². The van der Waals surface area contributed by atoms with Gasteiger partial charge in [0.2, 0.25) is 0 Å². The van der Waals surface area contributed by atoms with E-state index in [0.29, 0.717) is 5.92 Å². The van der Waals surface area contributed by atoms with E-state index >= 15 is 0 Å². The van der Waals surface area contributed by atoms with Gasteiger partial charge in [0, 0.05) is 5.92 Å². The number of rotatable bonds is 3. The molecule has 0 bridgehead atoms. The summed E-state index contributed by atoms with van der Waals surface area (Å²) in [6.07, 6.45) is 7.16. The molecule has 0 spiro atoms. The maximum Gasteiger partial charge on any atom is 0.0344 e. The fourth-order valence-corrected chi connectivity index (χ4v) is 4.50. The molecular formula is C24H30. The van der Waals surface area contributed by atoms with E-state index in [4.69, 9.17) is 0 Å². The zero-order valence-corrected chi connectivity index (χ0v) is 15.5. The van der Waals surface area contributed by atoms with Crippen LogP contribution in [0.2, 0.25) is 0 Å². The molecule has 0 radical (unpaired) electrons. The number of aryl methyl sites for hydroxylation is 1. The lowest BCUT2D eigenvalue weighted by Gasteiger charge is -2.34. The summed E-state index contributed by atoms with van der Waals surface area (Å²) in [7, 11) is 0. The van der Waals surface area contributed by atoms with Crippen molar-refractivity contribution in [3.63, 3.8) is 0 Å². The Morgan fingerprint density at radius 1 is 0.792 bits per heavy atom. The molecule has 0 unspecified atom stereocenters. The van der Waals surface area contributed by atoms with Crippen molar-refractivity contribution in [3.05, 3.63) is 82.0 Å². The monoisotopic (exact) mass is 318 g/mol. The Morgan fingerprint density at radius 3 is 1.79 bits per heavy atom. The van der Waals surface area contributed by atoms with Crippen molar-refractivity contribution in [1.29, 1.82) is 0 Å². The molecule has 0 aromatic heterocycles. The fraction of sp³-hybridized carbons (Fsp3) is 0.417. The van der Waals surface area contributed by atoms with Crippen LogP contribution in [0.5, 0.6) is 0 Å². The van der Waals surface area contributed by atoms with Crippen molar-refractivity contribution in [2.45, 2.75) is 65.2 Å². The second kappa shape index (κ2) is 6.97. The Kier molecular flexibility index (Phi) is 4.94. The Labute approximate surface area is 147 Å². The van der Waals surface area contributed by atoms with E-state index in [1.54, 1.807) is 0 Å². The average molecular weight is 319 g/mol. The lowest BCUT2D eigenvalue weighted by atomic mass is 9.70. The van der Waals surface area contributed by atoms with Crippen LogP contribution in [-0.2, 0) is 0 Å². The lowest BCUT2D eigenvalue weighted by Crippen LogP contribution is -2.17. The van der Waals surface area contributed by atoms with Gasteiger partial charge in [-0.15, -0.1) is 0 Å². The summed E-state index contributed by atoms with van der Waals surface area (Å²) in [5, 5.41) is 0. The molecule has 0 heterocycles. The summed E-state index contributed by atoms with van der Waals surface area (Å²) in [6, 6.07) is 9.03. The zero-order valence-electron chi connectivity index (χ0n) is 15.5. The van der Waals surface area contributed by atoms with E-state index < -0.39 is 0 Å². The average Bonchev–Trinajstić information content (AvgIpc) is 2.53. The highest BCUT2D eigenvalue weighted by molar-refractivity contribution is 5.56. The SMILES string of the molecule is C=C1CCCC(C)=C1C(C1=C(C)CCCC1=C)c1cccc(C)c1. The summed E-state index contributed by atoms with van der Waals surface area (Å²) in [5.41, 5.74) is 11.4. The second-order valence-electron chi connectivity index (χ2n) is 7.65. The van der Waals surface area contributed by atoms with Crippen LogP contribution in [0.3, 0.4) is 0 Å². The van der Waals surface area contributed by atoms with Crippen LogP contribution in [0, 0.1) is 6.92 Å². The minimum atomic E-state index is 0.325. The quantitative estimate of drug-likeness (QED) is 0.553. The van der Waals surface area contributed by atoms with Crippen LogP contribution >= 0.6 is 0 Å². The Balaban J connectivity index is 2.22. The summed E-state index contributed by atoms with van der Waals surface area (Å²) in [6.45, 7) is 15.7. The first-order valence-corrected chi connectivity index (χ1v) is 9.31. The van der Waals surface area contributed by atoms with E-state index in [-0.39, 0.29) is 0 Å². The molecule has 1 aromatic rings. The largest absolute Gasteiger partial charge is 0.0955 e. The maximum absolute atomic E-state index is 4.45. The van der Waals surface area contributed by atoms with Gasteiger partial charge in [0.1, 0.15) is 0 Å². The van der Waals surface area contributed by atoms with Crippen molar-refractivity contribution < 1.29 is 0 Å². The fourth-order valence-electron chi connectivity index (χ4n) is 4.50. The third-order valence-corrected chi connectivity index (χ3v) is 5.69. The van der Waals surface area contributed by atoms with Crippen LogP contribution in [0.1, 0.15) is 69.4 Å². The molecule has 0 nitrogen and oxygen atoms in total. The van der Waals surface area contributed by atoms with Gasteiger partial charge in [0.15, 0.2) is 0 Å². The van der Waals surface area contributed by atoms with Gasteiger partial charge < -0.3 is 0 Å². The molecule has 3 rings (SSSR count). The maximum atomic E-state index is 4.45. The Hall–Kier alpha value is -1.82. The van der Waals surface area contributed by atoms with Crippen LogP contribution in [0.25, 0.3) is 0 Å². The molecule has 0 heteroatoms. The van der Waals surface area contributed by atoms with Gasteiger partial charge in [-0.05, 0) is 76.0 Å². The van der Waals surface area contributed by atoms with Crippen molar-refractivity contribution in [3.8, 4) is 0 Å². The summed E-state index contributed by atoms with van der Waals surface area (Å²) in [5.74, 6) is 0.325. The summed E-state index contributed by atoms with van der Waals surface area (Å²) in [4.78, 5) is 0. The lowest BCUT2D eigenvalue weighted by molar-refractivity contribution is 0.698. The molecule has 0 N–H and O–H groups in total. The van der Waals surface area contributed by atoms with Crippen LogP contribution in [0.15, 0.2) is 70.9 Å². The molecule has 0 aliphatic heterocycles. The molecule has 126 valence electrons. The van der Waals surface area contributed by atoms with Gasteiger partial charge in [0.05, 0.1) is 0 Å². The Bertz CT molecular complexity index is 697. The predicted octanol–water partition coefficient (Wildman–Crippen LogP) is 7.19. The number of benzene rings is 1. The first-order valence-electron chi connectivity index (χ1n) is 9.31. The topological polar surface area (TPSA) is 0 Å². The van der Waals surface area contributed by atoms with Crippen molar-refractivity contribution >= 4 is 0 Å². The summed E-state index contributed by atoms with van der Waals surface area (Å²) >= 11 is 0. The first kappa shape index (κ1) is 17.0. The molecule has 0 amide bonds. The second-order valence-corrected chi connectivity index (χ2v) is 7.65. The van der Waals surface area contributed by atoms with Gasteiger partial charge in [-0.25, -0.2) is 0 Å². The number of allylic oxidation sites excluding steroid dienone is 6. The van der Waals surface area contributed by atoms with E-state index in [1.165, 1.54) is 70.2 Å². The van der Waals surface area contributed by atoms with Crippen molar-refractivity contribution in [1.82, 2.24) is 0 Å². The van der Waals surface area contributed by atoms with Crippen molar-refractivity contribution in [2.24, 2.45) is 0 Å². The van der Waals surface area contributed by atoms with Crippen LogP contribution in [-0.4, -0.2) is 0 Å². The molecule has 2 aliphatic carbocycles. The predicted molar refractivity (Wildman–Crippen MR) is 105 cm³/mol. The molecule has 1 aromatic carbocycles. The molecule has 0 fully saturated rings. The third kappa shape index (κ3) is 3.20. The minimum absolute atomic E-state index is 0.325. The Morgan fingerprint density at radius 2 is 1.33 bits per heavy atom. The van der Waals surface area contributed by atoms with Crippen LogP contribution in [0.4, 0.5) is 0 Å². The zero-order chi connectivity index (χ0) is 17.3. The van der Waals surface area contributed by atoms with Crippen LogP contribution < -0.4 is 0 Å². The molecule has 0 saturated heterocycles. The smallest absolute Gasteiger partial charge is 0.0344 e. The minimum Gasteiger partial charge on any atom is -0.0955 e. The molecular weight excluding hydrogens is 288 g/mol. The van der Waals surface area contributed by atoms with E-state index in [1.807, 2.05) is 0 Å². The van der Waals surface area contributed by atoms with E-state index in [9.17, 15) is 0 Å². The normalized spacial score (nSPS) is 19.5. The number of hydrogen-bond donors (Lipinski definition) is 0. The highest BCUT2D eigenvalue weighted by Crippen LogP contribution is 2.47. The molecule has 0 atom stereocenters. The van der Waals surface area contributed by atoms with Gasteiger partial charge in [0.25, 0.3) is 0 Å². The molecule has 2 aliphatic rings. The van der Waals surface area contributed by atoms with Crippen molar-refractivity contribution in [2.75, 3.05) is 0 Å². The standard InChI is InChI=1S/C24H30/c1-16-9-6-14-21(15-16)24(22-17(2)10-7-11-18(22)3)23-19(4)12-8-13-20(23)5/h6,9,14-15,24H,2,4,7-8,10-13H2,1,3,5H3. The molecule has 0 saturated carbocycles. The first-order chi connectivity index (χ1) is 11.5.